The first-order valence-electron chi connectivity index (χ1n) is 9.28. The summed E-state index contributed by atoms with van der Waals surface area (Å²) in [6.07, 6.45) is 4.16. The molecular formula is C23H28Cl2SiZr. The van der Waals surface area contributed by atoms with Gasteiger partial charge in [-0.3, -0.25) is 0 Å². The van der Waals surface area contributed by atoms with Gasteiger partial charge in [-0.25, -0.2) is 0 Å². The molecule has 0 radical (unpaired) electrons. The van der Waals surface area contributed by atoms with E-state index in [9.17, 15) is 0 Å². The van der Waals surface area contributed by atoms with E-state index in [1.165, 1.54) is 33.0 Å². The van der Waals surface area contributed by atoms with Crippen LogP contribution in [0.15, 0.2) is 49.1 Å². The minimum atomic E-state index is -1.72. The fourth-order valence-corrected chi connectivity index (χ4v) is 7.45. The van der Waals surface area contributed by atoms with Crippen LogP contribution in [0.3, 0.4) is 0 Å². The summed E-state index contributed by atoms with van der Waals surface area (Å²) in [5.74, 6) is 0. The van der Waals surface area contributed by atoms with E-state index in [-0.39, 0.29) is 0 Å². The molecule has 4 heteroatoms. The molecule has 0 saturated carbocycles. The van der Waals surface area contributed by atoms with Crippen molar-refractivity contribution >= 4 is 46.2 Å². The Morgan fingerprint density at radius 2 is 1.70 bits per heavy atom. The van der Waals surface area contributed by atoms with Crippen molar-refractivity contribution in [1.82, 2.24) is 0 Å². The van der Waals surface area contributed by atoms with Gasteiger partial charge < -0.3 is 0 Å². The van der Waals surface area contributed by atoms with Crippen molar-refractivity contribution < 1.29 is 20.8 Å². The molecule has 0 aliphatic heterocycles. The van der Waals surface area contributed by atoms with Gasteiger partial charge in [0.25, 0.3) is 0 Å². The number of hydrogen-bond donors (Lipinski definition) is 0. The van der Waals surface area contributed by atoms with Gasteiger partial charge in [0, 0.05) is 8.07 Å². The van der Waals surface area contributed by atoms with Gasteiger partial charge in [-0.1, -0.05) is 52.4 Å². The standard InChI is InChI=1S/C23H28Si.2ClH.Zr/c1-7-8-11-19-15-23(21-13-10-9-12-20(19)21)24(5,6)22-14-16(2)17(3)18(22)4;;;/h7,9-10,12-15H,1,8,11H2,2-6H3;2*1H;/q-2;;;+4/p-2. The summed E-state index contributed by atoms with van der Waals surface area (Å²) in [6.45, 7) is 15.7. The predicted octanol–water partition coefficient (Wildman–Crippen LogP) is 6.52. The zero-order valence-electron chi connectivity index (χ0n) is 16.9. The van der Waals surface area contributed by atoms with E-state index >= 15 is 0 Å². The van der Waals surface area contributed by atoms with E-state index in [0.717, 1.165) is 12.8 Å². The van der Waals surface area contributed by atoms with Crippen LogP contribution in [0.2, 0.25) is 13.1 Å². The molecule has 0 heterocycles. The van der Waals surface area contributed by atoms with Crippen LogP contribution in [-0.4, -0.2) is 8.07 Å². The maximum absolute atomic E-state index is 4.93. The van der Waals surface area contributed by atoms with E-state index in [4.69, 9.17) is 17.0 Å². The maximum atomic E-state index is 4.93. The molecule has 0 aromatic heterocycles. The first-order chi connectivity index (χ1) is 12.8. The topological polar surface area (TPSA) is 0 Å². The van der Waals surface area contributed by atoms with Crippen LogP contribution in [0.5, 0.6) is 0 Å². The van der Waals surface area contributed by atoms with Gasteiger partial charge in [0.05, 0.1) is 0 Å². The number of fused-ring (bicyclic) bond motifs is 1. The molecule has 0 amide bonds. The average Bonchev–Trinajstić information content (AvgIpc) is 3.14. The normalized spacial score (nSPS) is 11.1. The molecule has 0 fully saturated rings. The quantitative estimate of drug-likeness (QED) is 0.215. The minimum absolute atomic E-state index is 0.826. The van der Waals surface area contributed by atoms with Crippen molar-refractivity contribution in [3.63, 3.8) is 0 Å². The summed E-state index contributed by atoms with van der Waals surface area (Å²) in [5, 5.41) is 6.09. The van der Waals surface area contributed by atoms with Crippen molar-refractivity contribution in [2.24, 2.45) is 0 Å². The monoisotopic (exact) mass is 492 g/mol. The molecule has 0 aliphatic carbocycles. The second-order valence-electron chi connectivity index (χ2n) is 7.64. The zero-order chi connectivity index (χ0) is 20.2. The van der Waals surface area contributed by atoms with Crippen LogP contribution in [0.25, 0.3) is 10.8 Å². The summed E-state index contributed by atoms with van der Waals surface area (Å²) in [7, 11) is 8.15. The average molecular weight is 495 g/mol. The Bertz CT molecular complexity index is 918. The van der Waals surface area contributed by atoms with Gasteiger partial charge in [-0.15, -0.1) is 46.8 Å². The summed E-state index contributed by atoms with van der Waals surface area (Å²) >= 11 is -0.826. The molecule has 0 aliphatic rings. The van der Waals surface area contributed by atoms with Crippen molar-refractivity contribution in [3.8, 4) is 0 Å². The second-order valence-corrected chi connectivity index (χ2v) is 15.7. The third-order valence-corrected chi connectivity index (χ3v) is 9.39. The van der Waals surface area contributed by atoms with Crippen LogP contribution in [0, 0.1) is 20.8 Å². The number of aryl methyl sites for hydroxylation is 2. The van der Waals surface area contributed by atoms with Crippen LogP contribution in [-0.2, 0) is 27.3 Å². The van der Waals surface area contributed by atoms with Gasteiger partial charge in [0.2, 0.25) is 0 Å². The van der Waals surface area contributed by atoms with Crippen molar-refractivity contribution in [2.45, 2.75) is 46.7 Å². The number of rotatable bonds is 5. The van der Waals surface area contributed by atoms with Gasteiger partial charge in [0.1, 0.15) is 0 Å². The molecule has 3 rings (SSSR count). The van der Waals surface area contributed by atoms with Crippen molar-refractivity contribution in [3.05, 3.63) is 71.3 Å². The Morgan fingerprint density at radius 3 is 2.26 bits per heavy atom. The van der Waals surface area contributed by atoms with E-state index in [0.29, 0.717) is 0 Å². The molecule has 3 aromatic rings. The molecule has 0 atom stereocenters. The molecule has 0 unspecified atom stereocenters. The fraction of sp³-hybridized carbons (Fsp3) is 0.304. The fourth-order valence-electron chi connectivity index (χ4n) is 4.03. The number of halogens is 2. The van der Waals surface area contributed by atoms with E-state index in [1.807, 2.05) is 6.08 Å². The van der Waals surface area contributed by atoms with Gasteiger partial charge in [0.15, 0.2) is 0 Å². The Kier molecular flexibility index (Phi) is 8.37. The Balaban J connectivity index is 0.000000817. The summed E-state index contributed by atoms with van der Waals surface area (Å²) < 4.78 is 0. The van der Waals surface area contributed by atoms with Crippen molar-refractivity contribution in [1.29, 1.82) is 0 Å². The van der Waals surface area contributed by atoms with Gasteiger partial charge >= 0.3 is 37.9 Å². The molecule has 0 N–H and O–H groups in total. The van der Waals surface area contributed by atoms with Gasteiger partial charge in [-0.05, 0) is 6.42 Å². The molecule has 0 bridgehead atoms. The predicted molar refractivity (Wildman–Crippen MR) is 123 cm³/mol. The molecule has 142 valence electrons. The number of benzene rings is 1. The molecular weight excluding hydrogens is 466 g/mol. The van der Waals surface area contributed by atoms with Crippen molar-refractivity contribution in [2.75, 3.05) is 0 Å². The summed E-state index contributed by atoms with van der Waals surface area (Å²) in [6, 6.07) is 13.9. The molecule has 0 spiro atoms. The van der Waals surface area contributed by atoms with Crippen LogP contribution >= 0.6 is 17.0 Å². The molecule has 0 saturated heterocycles. The van der Waals surface area contributed by atoms with Crippen LogP contribution in [0.4, 0.5) is 0 Å². The SMILES string of the molecule is C=CCCc1c[c-]([Si](C)(C)[c-]2cc(C)c(C)c2C)c2ccccc12.[Cl][Zr+2][Cl]. The van der Waals surface area contributed by atoms with E-state index < -0.39 is 28.9 Å². The van der Waals surface area contributed by atoms with Crippen LogP contribution < -0.4 is 10.4 Å². The molecule has 0 nitrogen and oxygen atoms in total. The van der Waals surface area contributed by atoms with E-state index in [1.54, 1.807) is 10.4 Å². The summed E-state index contributed by atoms with van der Waals surface area (Å²) in [4.78, 5) is 0. The van der Waals surface area contributed by atoms with Crippen LogP contribution in [0.1, 0.15) is 28.7 Å². The Labute approximate surface area is 184 Å². The van der Waals surface area contributed by atoms with Gasteiger partial charge in [-0.2, -0.15) is 33.5 Å². The molecule has 3 aromatic carbocycles. The third-order valence-electron chi connectivity index (χ3n) is 5.77. The third kappa shape index (κ3) is 4.78. The number of hydrogen-bond acceptors (Lipinski definition) is 0. The first kappa shape index (κ1) is 22.9. The summed E-state index contributed by atoms with van der Waals surface area (Å²) in [5.41, 5.74) is 5.89. The first-order valence-corrected chi connectivity index (χ1v) is 18.6. The van der Waals surface area contributed by atoms with E-state index in [2.05, 4.69) is 76.8 Å². The second kappa shape index (κ2) is 9.88. The number of allylic oxidation sites excluding steroid dienone is 1. The molecule has 27 heavy (non-hydrogen) atoms. The zero-order valence-corrected chi connectivity index (χ0v) is 21.9. The Hall–Kier alpha value is -0.400. The Morgan fingerprint density at radius 1 is 1.07 bits per heavy atom.